The van der Waals surface area contributed by atoms with Gasteiger partial charge < -0.3 is 28.7 Å². The summed E-state index contributed by atoms with van der Waals surface area (Å²) in [6, 6.07) is 5.90. The smallest absolute Gasteiger partial charge is 0.410 e. The molecular formula is C31H43ClN8O3. The van der Waals surface area contributed by atoms with Gasteiger partial charge in [0.1, 0.15) is 16.3 Å². The summed E-state index contributed by atoms with van der Waals surface area (Å²) in [6.07, 6.45) is 6.03. The van der Waals surface area contributed by atoms with Crippen LogP contribution in [-0.4, -0.2) is 92.1 Å². The van der Waals surface area contributed by atoms with Crippen LogP contribution in [0.2, 0.25) is 5.02 Å². The van der Waals surface area contributed by atoms with Gasteiger partial charge in [0.25, 0.3) is 0 Å². The van der Waals surface area contributed by atoms with Crippen LogP contribution in [0.25, 0.3) is 5.65 Å². The molecule has 43 heavy (non-hydrogen) atoms. The van der Waals surface area contributed by atoms with Crippen molar-refractivity contribution in [2.45, 2.75) is 72.1 Å². The van der Waals surface area contributed by atoms with E-state index in [4.69, 9.17) is 21.3 Å². The molecule has 0 N–H and O–H groups in total. The number of piperazine rings is 1. The lowest BCUT2D eigenvalue weighted by atomic mass is 9.92. The molecule has 1 atom stereocenters. The number of ether oxygens (including phenoxy) is 1. The molecule has 232 valence electrons. The fraction of sp³-hybridized carbons (Fsp3) is 0.581. The lowest BCUT2D eigenvalue weighted by Gasteiger charge is -2.46. The molecule has 0 aromatic carbocycles. The minimum atomic E-state index is -0.550. The summed E-state index contributed by atoms with van der Waals surface area (Å²) in [4.78, 5) is 48.3. The fourth-order valence-corrected chi connectivity index (χ4v) is 6.11. The molecule has 2 aliphatic heterocycles. The molecule has 0 bridgehead atoms. The molecule has 2 aliphatic rings. The minimum absolute atomic E-state index is 0.00882. The average molecular weight is 611 g/mol. The molecular weight excluding hydrogens is 568 g/mol. The van der Waals surface area contributed by atoms with Crippen LogP contribution in [0.15, 0.2) is 36.8 Å². The first kappa shape index (κ1) is 30.8. The van der Waals surface area contributed by atoms with E-state index in [9.17, 15) is 9.59 Å². The summed E-state index contributed by atoms with van der Waals surface area (Å²) >= 11 is 6.58. The van der Waals surface area contributed by atoms with E-state index in [1.54, 1.807) is 11.1 Å². The Morgan fingerprint density at radius 1 is 1.07 bits per heavy atom. The predicted molar refractivity (Wildman–Crippen MR) is 168 cm³/mol. The summed E-state index contributed by atoms with van der Waals surface area (Å²) in [5, 5.41) is 0.450. The SMILES string of the molecule is CCCN(C(=O)C1CN(c2nc(N3CCN(C(=O)OC(C)(C)C)C[C@@H]3C)ncc2Cl)C1)C(C)(C)c1cnc2ccccn12. The van der Waals surface area contributed by atoms with Gasteiger partial charge in [0.15, 0.2) is 5.82 Å². The maximum Gasteiger partial charge on any atom is 0.410 e. The Labute approximate surface area is 258 Å². The van der Waals surface area contributed by atoms with Crippen molar-refractivity contribution < 1.29 is 14.3 Å². The molecule has 0 unspecified atom stereocenters. The highest BCUT2D eigenvalue weighted by atomic mass is 35.5. The Kier molecular flexibility index (Phi) is 8.48. The zero-order valence-electron chi connectivity index (χ0n) is 26.2. The maximum absolute atomic E-state index is 13.9. The highest BCUT2D eigenvalue weighted by Crippen LogP contribution is 2.35. The van der Waals surface area contributed by atoms with Gasteiger partial charge in [0, 0.05) is 51.5 Å². The van der Waals surface area contributed by atoms with Crippen LogP contribution in [0.4, 0.5) is 16.6 Å². The molecule has 11 nitrogen and oxygen atoms in total. The van der Waals surface area contributed by atoms with Gasteiger partial charge in [-0.2, -0.15) is 4.98 Å². The predicted octanol–water partition coefficient (Wildman–Crippen LogP) is 4.83. The van der Waals surface area contributed by atoms with Gasteiger partial charge in [0.05, 0.1) is 29.5 Å². The Bertz CT molecular complexity index is 1480. The van der Waals surface area contributed by atoms with Crippen LogP contribution >= 0.6 is 11.6 Å². The third-order valence-electron chi connectivity index (χ3n) is 8.21. The fourth-order valence-electron chi connectivity index (χ4n) is 5.90. The third kappa shape index (κ3) is 6.23. The van der Waals surface area contributed by atoms with E-state index in [1.807, 2.05) is 68.1 Å². The van der Waals surface area contributed by atoms with Crippen molar-refractivity contribution in [1.82, 2.24) is 29.2 Å². The van der Waals surface area contributed by atoms with Crippen LogP contribution in [0.3, 0.4) is 0 Å². The number of halogens is 1. The topological polar surface area (TPSA) is 99.4 Å². The minimum Gasteiger partial charge on any atom is -0.444 e. The number of carbonyl (C=O) groups is 2. The molecule has 2 amide bonds. The number of pyridine rings is 1. The Morgan fingerprint density at radius 2 is 1.81 bits per heavy atom. The number of amides is 2. The number of rotatable bonds is 7. The van der Waals surface area contributed by atoms with Gasteiger partial charge in [0.2, 0.25) is 11.9 Å². The molecule has 0 aliphatic carbocycles. The second-order valence-corrected chi connectivity index (χ2v) is 13.4. The van der Waals surface area contributed by atoms with Crippen LogP contribution < -0.4 is 9.80 Å². The second kappa shape index (κ2) is 11.8. The Balaban J connectivity index is 1.26. The van der Waals surface area contributed by atoms with Gasteiger partial charge in [-0.15, -0.1) is 0 Å². The number of nitrogens with zero attached hydrogens (tertiary/aromatic N) is 8. The van der Waals surface area contributed by atoms with Gasteiger partial charge in [-0.05, 0) is 60.1 Å². The number of hydrogen-bond donors (Lipinski definition) is 0. The summed E-state index contributed by atoms with van der Waals surface area (Å²) in [5.74, 6) is 1.13. The first-order valence-corrected chi connectivity index (χ1v) is 15.4. The second-order valence-electron chi connectivity index (χ2n) is 13.0. The van der Waals surface area contributed by atoms with Crippen LogP contribution in [0.1, 0.15) is 60.6 Å². The summed E-state index contributed by atoms with van der Waals surface area (Å²) in [6.45, 7) is 17.2. The van der Waals surface area contributed by atoms with Crippen molar-refractivity contribution in [2.24, 2.45) is 5.92 Å². The van der Waals surface area contributed by atoms with Gasteiger partial charge in [-0.3, -0.25) is 4.79 Å². The van der Waals surface area contributed by atoms with E-state index in [0.717, 1.165) is 17.8 Å². The van der Waals surface area contributed by atoms with E-state index in [0.29, 0.717) is 56.1 Å². The Hall–Kier alpha value is -3.60. The highest BCUT2D eigenvalue weighted by Gasteiger charge is 2.43. The number of aromatic nitrogens is 4. The number of carbonyl (C=O) groups excluding carboxylic acids is 2. The number of fused-ring (bicyclic) bond motifs is 1. The summed E-state index contributed by atoms with van der Waals surface area (Å²) < 4.78 is 7.61. The lowest BCUT2D eigenvalue weighted by Crippen LogP contribution is -2.58. The van der Waals surface area contributed by atoms with E-state index in [2.05, 4.69) is 40.0 Å². The molecule has 5 rings (SSSR count). The van der Waals surface area contributed by atoms with Crippen molar-refractivity contribution in [3.8, 4) is 0 Å². The normalized spacial score (nSPS) is 18.1. The Morgan fingerprint density at radius 3 is 2.49 bits per heavy atom. The molecule has 2 saturated heterocycles. The van der Waals surface area contributed by atoms with Crippen LogP contribution in [-0.2, 0) is 15.1 Å². The van der Waals surface area contributed by atoms with Crippen molar-refractivity contribution in [2.75, 3.05) is 49.1 Å². The number of hydrogen-bond acceptors (Lipinski definition) is 8. The van der Waals surface area contributed by atoms with E-state index in [1.165, 1.54) is 0 Å². The van der Waals surface area contributed by atoms with Gasteiger partial charge in [-0.25, -0.2) is 14.8 Å². The highest BCUT2D eigenvalue weighted by molar-refractivity contribution is 6.32. The van der Waals surface area contributed by atoms with E-state index < -0.39 is 11.1 Å². The van der Waals surface area contributed by atoms with E-state index >= 15 is 0 Å². The maximum atomic E-state index is 13.9. The molecule has 5 heterocycles. The molecule has 0 spiro atoms. The molecule has 0 radical (unpaired) electrons. The monoisotopic (exact) mass is 610 g/mol. The number of anilines is 2. The van der Waals surface area contributed by atoms with E-state index in [-0.39, 0.29) is 24.0 Å². The molecule has 3 aromatic heterocycles. The molecule has 3 aromatic rings. The summed E-state index contributed by atoms with van der Waals surface area (Å²) in [7, 11) is 0. The van der Waals surface area contributed by atoms with Crippen molar-refractivity contribution in [3.05, 3.63) is 47.5 Å². The average Bonchev–Trinajstić information content (AvgIpc) is 3.36. The summed E-state index contributed by atoms with van der Waals surface area (Å²) in [5.41, 5.74) is 0.745. The largest absolute Gasteiger partial charge is 0.444 e. The van der Waals surface area contributed by atoms with Crippen LogP contribution in [0.5, 0.6) is 0 Å². The van der Waals surface area contributed by atoms with Crippen molar-refractivity contribution in [1.29, 1.82) is 0 Å². The quantitative estimate of drug-likeness (QED) is 0.375. The van der Waals surface area contributed by atoms with Gasteiger partial charge >= 0.3 is 6.09 Å². The number of imidazole rings is 1. The molecule has 2 fully saturated rings. The first-order chi connectivity index (χ1) is 20.3. The van der Waals surface area contributed by atoms with Gasteiger partial charge in [-0.1, -0.05) is 24.6 Å². The molecule has 0 saturated carbocycles. The van der Waals surface area contributed by atoms with Crippen molar-refractivity contribution >= 4 is 41.0 Å². The zero-order valence-corrected chi connectivity index (χ0v) is 27.0. The standard InChI is InChI=1S/C31H43ClN8O3/c1-8-12-40(31(6,7)24-17-33-25-11-9-10-13-39(24)25)27(41)22-19-37(20-22)26-23(32)16-34-28(35-26)38-15-14-36(18-21(38)2)29(42)43-30(3,4)5/h9-11,13,16-17,21-22H,8,12,14-15,18-20H2,1-7H3/t21-/m0/s1. The third-order valence-corrected chi connectivity index (χ3v) is 8.48. The molecule has 12 heteroatoms. The van der Waals surface area contributed by atoms with Crippen molar-refractivity contribution in [3.63, 3.8) is 0 Å². The zero-order chi connectivity index (χ0) is 31.1. The first-order valence-electron chi connectivity index (χ1n) is 15.1. The van der Waals surface area contributed by atoms with Crippen LogP contribution in [0, 0.1) is 5.92 Å². The lowest BCUT2D eigenvalue weighted by molar-refractivity contribution is -0.142.